The second kappa shape index (κ2) is 29.0. The van der Waals surface area contributed by atoms with Crippen molar-refractivity contribution in [2.75, 3.05) is 0 Å². The summed E-state index contributed by atoms with van der Waals surface area (Å²) in [6.45, 7) is 0. The summed E-state index contributed by atoms with van der Waals surface area (Å²) in [7, 11) is 0. The Bertz CT molecular complexity index is 1310. The molecule has 0 amide bonds. The molecule has 10 saturated carbocycles. The predicted molar refractivity (Wildman–Crippen MR) is 307 cm³/mol. The molecule has 426 valence electrons. The fourth-order valence-electron chi connectivity index (χ4n) is 20.1. The van der Waals surface area contributed by atoms with Gasteiger partial charge in [-0.2, -0.15) is 0 Å². The summed E-state index contributed by atoms with van der Waals surface area (Å²) in [5.74, 6) is 9.26. The van der Waals surface area contributed by atoms with Crippen LogP contribution in [-0.4, -0.2) is 90.9 Å². The number of rotatable bonds is 19. The molecule has 0 aliphatic heterocycles. The van der Waals surface area contributed by atoms with E-state index < -0.39 is 0 Å². The highest BCUT2D eigenvalue weighted by Gasteiger charge is 2.43. The SMILES string of the molecule is OC1CCC(CCC2CCC(N(C3CCC(CCC4CCC(O)CC4)CC3)C3CCC(C4CCC(N(C5CCC(CCC6CCC(O)CC6)CC5)C5CCC(CCC6CCC(O)CC6)CC5)CC4)CC3)CC2)CC1. The zero-order valence-corrected chi connectivity index (χ0v) is 48.2. The first-order chi connectivity index (χ1) is 36.2. The van der Waals surface area contributed by atoms with Gasteiger partial charge in [-0.25, -0.2) is 0 Å². The molecule has 74 heavy (non-hydrogen) atoms. The quantitative estimate of drug-likeness (QED) is 0.103. The van der Waals surface area contributed by atoms with Crippen molar-refractivity contribution in [2.45, 2.75) is 369 Å². The first-order valence-electron chi connectivity index (χ1n) is 34.5. The van der Waals surface area contributed by atoms with Crippen molar-refractivity contribution in [2.24, 2.45) is 59.2 Å². The van der Waals surface area contributed by atoms with Crippen molar-refractivity contribution in [1.29, 1.82) is 0 Å². The maximum Gasteiger partial charge on any atom is 0.0540 e. The zero-order valence-electron chi connectivity index (χ0n) is 48.2. The summed E-state index contributed by atoms with van der Waals surface area (Å²) >= 11 is 0. The molecule has 0 atom stereocenters. The third kappa shape index (κ3) is 16.5. The Kier molecular flexibility index (Phi) is 22.3. The molecule has 10 aliphatic rings. The third-order valence-electron chi connectivity index (χ3n) is 25.1. The predicted octanol–water partition coefficient (Wildman–Crippen LogP) is 16.3. The van der Waals surface area contributed by atoms with Crippen molar-refractivity contribution in [3.63, 3.8) is 0 Å². The molecular formula is C68H120N2O4. The van der Waals surface area contributed by atoms with Crippen LogP contribution in [0.2, 0.25) is 0 Å². The Balaban J connectivity index is 0.714. The normalized spacial score (nSPS) is 44.4. The van der Waals surface area contributed by atoms with E-state index >= 15 is 0 Å². The number of hydrogen-bond acceptors (Lipinski definition) is 6. The molecule has 10 aliphatic carbocycles. The second-order valence-corrected chi connectivity index (χ2v) is 29.7. The zero-order chi connectivity index (χ0) is 50.6. The molecule has 0 aromatic carbocycles. The number of aliphatic hydroxyl groups excluding tert-OH is 4. The molecular weight excluding hydrogens is 909 g/mol. The second-order valence-electron chi connectivity index (χ2n) is 29.7. The lowest BCUT2D eigenvalue weighted by molar-refractivity contribution is -0.0151. The lowest BCUT2D eigenvalue weighted by Crippen LogP contribution is -2.53. The first-order valence-corrected chi connectivity index (χ1v) is 34.5. The lowest BCUT2D eigenvalue weighted by Gasteiger charge is -2.51. The molecule has 0 aromatic heterocycles. The third-order valence-corrected chi connectivity index (χ3v) is 25.1. The van der Waals surface area contributed by atoms with Gasteiger partial charge in [0.25, 0.3) is 0 Å². The van der Waals surface area contributed by atoms with Gasteiger partial charge in [-0.3, -0.25) is 9.80 Å². The van der Waals surface area contributed by atoms with E-state index in [-0.39, 0.29) is 24.4 Å². The van der Waals surface area contributed by atoms with E-state index in [1.807, 2.05) is 0 Å². The molecule has 10 fully saturated rings. The van der Waals surface area contributed by atoms with Gasteiger partial charge in [0.15, 0.2) is 0 Å². The summed E-state index contributed by atoms with van der Waals surface area (Å²) in [5.41, 5.74) is 0. The van der Waals surface area contributed by atoms with Gasteiger partial charge in [-0.15, -0.1) is 0 Å². The minimum atomic E-state index is -0.0187. The molecule has 0 radical (unpaired) electrons. The van der Waals surface area contributed by atoms with Crippen LogP contribution in [-0.2, 0) is 0 Å². The van der Waals surface area contributed by atoms with Crippen LogP contribution in [0.5, 0.6) is 0 Å². The van der Waals surface area contributed by atoms with Crippen molar-refractivity contribution in [1.82, 2.24) is 9.80 Å². The van der Waals surface area contributed by atoms with Gasteiger partial charge in [-0.05, 0) is 316 Å². The maximum atomic E-state index is 10.1. The van der Waals surface area contributed by atoms with Crippen molar-refractivity contribution < 1.29 is 20.4 Å². The number of aliphatic hydroxyl groups is 4. The van der Waals surface area contributed by atoms with E-state index in [0.717, 1.165) is 147 Å². The topological polar surface area (TPSA) is 87.4 Å². The summed E-state index contributed by atoms with van der Waals surface area (Å²) in [4.78, 5) is 6.57. The van der Waals surface area contributed by atoms with E-state index in [1.165, 1.54) is 257 Å². The smallest absolute Gasteiger partial charge is 0.0540 e. The van der Waals surface area contributed by atoms with Gasteiger partial charge in [0.05, 0.1) is 24.4 Å². The van der Waals surface area contributed by atoms with Crippen LogP contribution in [0, 0.1) is 59.2 Å². The lowest BCUT2D eigenvalue weighted by atomic mass is 9.69. The molecule has 0 spiro atoms. The molecule has 10 rings (SSSR count). The molecule has 0 bridgehead atoms. The van der Waals surface area contributed by atoms with Crippen molar-refractivity contribution in [3.8, 4) is 0 Å². The summed E-state index contributed by atoms with van der Waals surface area (Å²) < 4.78 is 0. The summed E-state index contributed by atoms with van der Waals surface area (Å²) in [5, 5.41) is 40.4. The Hall–Kier alpha value is -0.240. The van der Waals surface area contributed by atoms with Gasteiger partial charge in [0, 0.05) is 36.3 Å². The Morgan fingerprint density at radius 1 is 0.176 bits per heavy atom. The average molecular weight is 1030 g/mol. The van der Waals surface area contributed by atoms with Crippen LogP contribution in [0.1, 0.15) is 308 Å². The maximum absolute atomic E-state index is 10.1. The van der Waals surface area contributed by atoms with Crippen LogP contribution >= 0.6 is 0 Å². The van der Waals surface area contributed by atoms with Gasteiger partial charge < -0.3 is 20.4 Å². The Labute approximate surface area is 456 Å². The molecule has 6 heteroatoms. The average Bonchev–Trinajstić information content (AvgIpc) is 3.44. The van der Waals surface area contributed by atoms with Crippen LogP contribution in [0.25, 0.3) is 0 Å². The van der Waals surface area contributed by atoms with Crippen molar-refractivity contribution in [3.05, 3.63) is 0 Å². The Morgan fingerprint density at radius 2 is 0.311 bits per heavy atom. The molecule has 0 aromatic rings. The standard InChI is InChI=1S/C68H120N2O4/c71-65-41-17-53(18-42-65)5-1-49-9-29-59(30-10-49)69(60-31-11-50(12-32-60)2-6-54-19-43-66(72)44-20-54)63-37-25-57(26-38-63)58-27-39-64(40-28-58)70(61-33-13-51(14-34-61)3-7-55-21-45-67(73)46-22-55)62-35-15-52(16-36-62)4-8-56-23-47-68(74)48-24-56/h49-68,71-74H,1-48H2. The van der Waals surface area contributed by atoms with Gasteiger partial charge >= 0.3 is 0 Å². The van der Waals surface area contributed by atoms with Crippen LogP contribution in [0.3, 0.4) is 0 Å². The van der Waals surface area contributed by atoms with E-state index in [2.05, 4.69) is 9.80 Å². The fraction of sp³-hybridized carbons (Fsp3) is 1.00. The summed E-state index contributed by atoms with van der Waals surface area (Å²) in [6.07, 6.45) is 65.4. The highest BCUT2D eigenvalue weighted by Crippen LogP contribution is 2.48. The van der Waals surface area contributed by atoms with E-state index in [4.69, 9.17) is 0 Å². The van der Waals surface area contributed by atoms with Gasteiger partial charge in [-0.1, -0.05) is 51.4 Å². The van der Waals surface area contributed by atoms with Gasteiger partial charge in [0.2, 0.25) is 0 Å². The number of nitrogens with zero attached hydrogens (tertiary/aromatic N) is 2. The Morgan fingerprint density at radius 3 is 0.473 bits per heavy atom. The molecule has 0 heterocycles. The van der Waals surface area contributed by atoms with E-state index in [9.17, 15) is 20.4 Å². The molecule has 6 nitrogen and oxygen atoms in total. The van der Waals surface area contributed by atoms with Crippen LogP contribution in [0.15, 0.2) is 0 Å². The van der Waals surface area contributed by atoms with Crippen LogP contribution < -0.4 is 0 Å². The molecule has 0 saturated heterocycles. The highest BCUT2D eigenvalue weighted by atomic mass is 16.3. The van der Waals surface area contributed by atoms with E-state index in [0.29, 0.717) is 0 Å². The monoisotopic (exact) mass is 1030 g/mol. The number of hydrogen-bond donors (Lipinski definition) is 4. The van der Waals surface area contributed by atoms with E-state index in [1.54, 1.807) is 0 Å². The van der Waals surface area contributed by atoms with Crippen molar-refractivity contribution >= 4 is 0 Å². The summed E-state index contributed by atoms with van der Waals surface area (Å²) in [6, 6.07) is 4.99. The van der Waals surface area contributed by atoms with Gasteiger partial charge in [0.1, 0.15) is 0 Å². The minimum Gasteiger partial charge on any atom is -0.393 e. The highest BCUT2D eigenvalue weighted by molar-refractivity contribution is 4.97. The molecule has 4 N–H and O–H groups in total. The fourth-order valence-corrected chi connectivity index (χ4v) is 20.1. The van der Waals surface area contributed by atoms with Crippen LogP contribution in [0.4, 0.5) is 0 Å². The largest absolute Gasteiger partial charge is 0.393 e. The minimum absolute atomic E-state index is 0.0187. The first kappa shape index (κ1) is 57.0. The molecule has 0 unspecified atom stereocenters.